The van der Waals surface area contributed by atoms with E-state index in [9.17, 15) is 14.4 Å². The third kappa shape index (κ3) is 5.20. The van der Waals surface area contributed by atoms with Crippen molar-refractivity contribution in [1.29, 1.82) is 0 Å². The number of anilines is 2. The molecule has 0 spiro atoms. The summed E-state index contributed by atoms with van der Waals surface area (Å²) in [5.41, 5.74) is 1.14. The summed E-state index contributed by atoms with van der Waals surface area (Å²) in [7, 11) is 0. The lowest BCUT2D eigenvalue weighted by atomic mass is 10.2. The first-order chi connectivity index (χ1) is 10.5. The van der Waals surface area contributed by atoms with Gasteiger partial charge in [0.05, 0.1) is 0 Å². The minimum absolute atomic E-state index is 0.181. The number of rotatable bonds is 5. The van der Waals surface area contributed by atoms with Crippen LogP contribution < -0.4 is 16.0 Å². The number of hydrogen-bond donors (Lipinski definition) is 3. The van der Waals surface area contributed by atoms with Gasteiger partial charge in [0.2, 0.25) is 17.7 Å². The van der Waals surface area contributed by atoms with Crippen molar-refractivity contribution in [1.82, 2.24) is 5.32 Å². The number of carbonyl (C=O) groups is 3. The second-order valence-electron chi connectivity index (χ2n) is 5.54. The van der Waals surface area contributed by atoms with Crippen LogP contribution in [0.15, 0.2) is 24.3 Å². The molecule has 0 heterocycles. The lowest BCUT2D eigenvalue weighted by Crippen LogP contribution is -2.35. The van der Waals surface area contributed by atoms with Gasteiger partial charge in [-0.15, -0.1) is 0 Å². The van der Waals surface area contributed by atoms with E-state index in [1.165, 1.54) is 6.92 Å². The zero-order chi connectivity index (χ0) is 15.9. The summed E-state index contributed by atoms with van der Waals surface area (Å²) >= 11 is 0. The maximum atomic E-state index is 11.9. The average Bonchev–Trinajstić information content (AvgIpc) is 2.90. The molecule has 0 unspecified atom stereocenters. The summed E-state index contributed by atoms with van der Waals surface area (Å²) in [4.78, 5) is 34.7. The monoisotopic (exact) mass is 303 g/mol. The molecule has 1 saturated carbocycles. The fraction of sp³-hybridized carbons (Fsp3) is 0.438. The summed E-state index contributed by atoms with van der Waals surface area (Å²) in [5, 5.41) is 8.17. The molecule has 0 saturated heterocycles. The van der Waals surface area contributed by atoms with Crippen LogP contribution in [0.2, 0.25) is 0 Å². The number of hydrogen-bond acceptors (Lipinski definition) is 3. The third-order valence-corrected chi connectivity index (χ3v) is 3.51. The molecule has 1 aliphatic rings. The van der Waals surface area contributed by atoms with Crippen LogP contribution >= 0.6 is 0 Å². The molecule has 3 amide bonds. The van der Waals surface area contributed by atoms with Crippen LogP contribution in [-0.2, 0) is 14.4 Å². The first-order valence-corrected chi connectivity index (χ1v) is 7.50. The second-order valence-corrected chi connectivity index (χ2v) is 5.54. The van der Waals surface area contributed by atoms with Crippen molar-refractivity contribution in [2.24, 2.45) is 0 Å². The predicted octanol–water partition coefficient (Wildman–Crippen LogP) is 2.03. The molecule has 118 valence electrons. The van der Waals surface area contributed by atoms with E-state index < -0.39 is 0 Å². The van der Waals surface area contributed by atoms with E-state index in [1.54, 1.807) is 24.3 Å². The maximum Gasteiger partial charge on any atom is 0.233 e. The molecule has 3 N–H and O–H groups in total. The molecule has 22 heavy (non-hydrogen) atoms. The van der Waals surface area contributed by atoms with Gasteiger partial charge in [0.1, 0.15) is 6.42 Å². The molecule has 1 aliphatic carbocycles. The van der Waals surface area contributed by atoms with E-state index in [4.69, 9.17) is 0 Å². The Morgan fingerprint density at radius 2 is 1.68 bits per heavy atom. The minimum Gasteiger partial charge on any atom is -0.353 e. The van der Waals surface area contributed by atoms with Crippen molar-refractivity contribution in [3.63, 3.8) is 0 Å². The van der Waals surface area contributed by atoms with Gasteiger partial charge in [0.25, 0.3) is 0 Å². The lowest BCUT2D eigenvalue weighted by Gasteiger charge is -2.12. The standard InChI is InChI=1S/C16H21N3O3/c1-11(20)17-13-7-4-8-14(9-13)19-16(22)10-15(21)18-12-5-2-3-6-12/h4,7-9,12H,2-3,5-6,10H2,1H3,(H,17,20)(H,18,21)(H,19,22). The van der Waals surface area contributed by atoms with E-state index in [0.717, 1.165) is 25.7 Å². The molecule has 1 fully saturated rings. The quantitative estimate of drug-likeness (QED) is 0.727. The molecule has 2 rings (SSSR count). The smallest absolute Gasteiger partial charge is 0.233 e. The molecule has 1 aromatic carbocycles. The van der Waals surface area contributed by atoms with Crippen LogP contribution in [0.3, 0.4) is 0 Å². The van der Waals surface area contributed by atoms with Gasteiger partial charge in [-0.25, -0.2) is 0 Å². The summed E-state index contributed by atoms with van der Waals surface area (Å²) < 4.78 is 0. The van der Waals surface area contributed by atoms with Gasteiger partial charge in [-0.1, -0.05) is 18.9 Å². The first-order valence-electron chi connectivity index (χ1n) is 7.50. The summed E-state index contributed by atoms with van der Waals surface area (Å²) in [6.07, 6.45) is 4.05. The summed E-state index contributed by atoms with van der Waals surface area (Å²) in [6.45, 7) is 1.42. The highest BCUT2D eigenvalue weighted by molar-refractivity contribution is 6.04. The van der Waals surface area contributed by atoms with Crippen molar-refractivity contribution in [3.8, 4) is 0 Å². The molecule has 1 aromatic rings. The van der Waals surface area contributed by atoms with Crippen molar-refractivity contribution >= 4 is 29.1 Å². The topological polar surface area (TPSA) is 87.3 Å². The Kier molecular flexibility index (Phi) is 5.52. The highest BCUT2D eigenvalue weighted by Gasteiger charge is 2.18. The molecule has 0 atom stereocenters. The van der Waals surface area contributed by atoms with Gasteiger partial charge < -0.3 is 16.0 Å². The van der Waals surface area contributed by atoms with Crippen LogP contribution in [0.1, 0.15) is 39.0 Å². The van der Waals surface area contributed by atoms with Gasteiger partial charge in [-0.05, 0) is 31.0 Å². The van der Waals surface area contributed by atoms with E-state index in [-0.39, 0.29) is 30.2 Å². The van der Waals surface area contributed by atoms with Crippen LogP contribution in [-0.4, -0.2) is 23.8 Å². The molecule has 6 nitrogen and oxygen atoms in total. The van der Waals surface area contributed by atoms with E-state index in [1.807, 2.05) is 0 Å². The number of amides is 3. The largest absolute Gasteiger partial charge is 0.353 e. The molecule has 0 aliphatic heterocycles. The number of nitrogens with one attached hydrogen (secondary N) is 3. The molecule has 6 heteroatoms. The third-order valence-electron chi connectivity index (χ3n) is 3.51. The Morgan fingerprint density at radius 1 is 1.05 bits per heavy atom. The maximum absolute atomic E-state index is 11.9. The van der Waals surface area contributed by atoms with Crippen LogP contribution in [0.5, 0.6) is 0 Å². The first kappa shape index (κ1) is 16.0. The van der Waals surface area contributed by atoms with Crippen LogP contribution in [0.4, 0.5) is 11.4 Å². The number of benzene rings is 1. The fourth-order valence-electron chi connectivity index (χ4n) is 2.58. The van der Waals surface area contributed by atoms with Gasteiger partial charge in [-0.3, -0.25) is 14.4 Å². The van der Waals surface area contributed by atoms with Crippen molar-refractivity contribution in [2.45, 2.75) is 45.1 Å². The zero-order valence-corrected chi connectivity index (χ0v) is 12.6. The van der Waals surface area contributed by atoms with Crippen LogP contribution in [0, 0.1) is 0 Å². The Bertz CT molecular complexity index is 566. The van der Waals surface area contributed by atoms with Crippen molar-refractivity contribution in [3.05, 3.63) is 24.3 Å². The van der Waals surface area contributed by atoms with E-state index >= 15 is 0 Å². The van der Waals surface area contributed by atoms with Gasteiger partial charge in [0.15, 0.2) is 0 Å². The molecular weight excluding hydrogens is 282 g/mol. The Hall–Kier alpha value is -2.37. The molecule has 0 aromatic heterocycles. The zero-order valence-electron chi connectivity index (χ0n) is 12.6. The minimum atomic E-state index is -0.365. The number of carbonyl (C=O) groups excluding carboxylic acids is 3. The summed E-state index contributed by atoms with van der Waals surface area (Å²) in [5.74, 6) is -0.794. The lowest BCUT2D eigenvalue weighted by molar-refractivity contribution is -0.127. The highest BCUT2D eigenvalue weighted by Crippen LogP contribution is 2.18. The Labute approximate surface area is 129 Å². The molecule has 0 bridgehead atoms. The van der Waals surface area contributed by atoms with Crippen molar-refractivity contribution < 1.29 is 14.4 Å². The van der Waals surface area contributed by atoms with Gasteiger partial charge in [-0.2, -0.15) is 0 Å². The predicted molar refractivity (Wildman–Crippen MR) is 84.4 cm³/mol. The Morgan fingerprint density at radius 3 is 2.32 bits per heavy atom. The molecular formula is C16H21N3O3. The summed E-state index contributed by atoms with van der Waals surface area (Å²) in [6, 6.07) is 7.01. The second kappa shape index (κ2) is 7.59. The van der Waals surface area contributed by atoms with Crippen LogP contribution in [0.25, 0.3) is 0 Å². The van der Waals surface area contributed by atoms with Crippen molar-refractivity contribution in [2.75, 3.05) is 10.6 Å². The van der Waals surface area contributed by atoms with Gasteiger partial charge >= 0.3 is 0 Å². The normalized spacial score (nSPS) is 14.4. The highest BCUT2D eigenvalue weighted by atomic mass is 16.2. The Balaban J connectivity index is 1.83. The SMILES string of the molecule is CC(=O)Nc1cccc(NC(=O)CC(=O)NC2CCCC2)c1. The average molecular weight is 303 g/mol. The van der Waals surface area contributed by atoms with Gasteiger partial charge in [0, 0.05) is 24.3 Å². The van der Waals surface area contributed by atoms with E-state index in [2.05, 4.69) is 16.0 Å². The van der Waals surface area contributed by atoms with E-state index in [0.29, 0.717) is 11.4 Å². The fourth-order valence-corrected chi connectivity index (χ4v) is 2.58. The molecule has 0 radical (unpaired) electrons.